The van der Waals surface area contributed by atoms with Crippen LogP contribution in [0.4, 0.5) is 0 Å². The van der Waals surface area contributed by atoms with Crippen LogP contribution >= 0.6 is 0 Å². The van der Waals surface area contributed by atoms with Crippen molar-refractivity contribution in [3.8, 4) is 17.1 Å². The molecule has 0 bridgehead atoms. The molecule has 0 amide bonds. The quantitative estimate of drug-likeness (QED) is 0.563. The first kappa shape index (κ1) is 11.8. The Hall–Kier alpha value is -3.02. The number of hydrogen-bond donors (Lipinski definition) is 0. The summed E-state index contributed by atoms with van der Waals surface area (Å²) in [6.45, 7) is 1.97. The molecule has 4 rings (SSSR count). The van der Waals surface area contributed by atoms with E-state index >= 15 is 0 Å². The van der Waals surface area contributed by atoms with E-state index in [1.54, 1.807) is 17.0 Å². The van der Waals surface area contributed by atoms with E-state index in [4.69, 9.17) is 0 Å². The van der Waals surface area contributed by atoms with Crippen LogP contribution in [0.3, 0.4) is 0 Å². The summed E-state index contributed by atoms with van der Waals surface area (Å²) in [6, 6.07) is 11.8. The zero-order chi connectivity index (χ0) is 14.2. The molecule has 0 aliphatic carbocycles. The lowest BCUT2D eigenvalue weighted by atomic mass is 10.2. The maximum absolute atomic E-state index is 4.52. The van der Waals surface area contributed by atoms with Gasteiger partial charge in [0.1, 0.15) is 6.33 Å². The predicted octanol–water partition coefficient (Wildman–Crippen LogP) is 2.29. The summed E-state index contributed by atoms with van der Waals surface area (Å²) in [4.78, 5) is 8.67. The van der Waals surface area contributed by atoms with Gasteiger partial charge in [-0.05, 0) is 37.3 Å². The van der Waals surface area contributed by atoms with Gasteiger partial charge >= 0.3 is 0 Å². The van der Waals surface area contributed by atoms with Gasteiger partial charge in [-0.15, -0.1) is 0 Å². The lowest BCUT2D eigenvalue weighted by Gasteiger charge is -2.07. The van der Waals surface area contributed by atoms with E-state index in [1.165, 1.54) is 0 Å². The third-order valence-corrected chi connectivity index (χ3v) is 3.30. The molecule has 0 aromatic carbocycles. The van der Waals surface area contributed by atoms with Gasteiger partial charge in [0, 0.05) is 17.5 Å². The zero-order valence-corrected chi connectivity index (χ0v) is 11.4. The fourth-order valence-electron chi connectivity index (χ4n) is 2.32. The Morgan fingerprint density at radius 2 is 1.95 bits per heavy atom. The van der Waals surface area contributed by atoms with Gasteiger partial charge in [0.15, 0.2) is 11.5 Å². The van der Waals surface area contributed by atoms with Crippen molar-refractivity contribution in [2.75, 3.05) is 0 Å². The van der Waals surface area contributed by atoms with E-state index in [1.807, 2.05) is 54.2 Å². The van der Waals surface area contributed by atoms with Crippen molar-refractivity contribution in [3.05, 3.63) is 60.8 Å². The molecule has 0 saturated carbocycles. The van der Waals surface area contributed by atoms with Crippen LogP contribution in [0.5, 0.6) is 0 Å². The SMILES string of the molecule is Cc1cccc(-n2nccc2-c2ccc3ncnn3c2)n1. The Kier molecular flexibility index (Phi) is 2.53. The molecule has 0 fully saturated rings. The van der Waals surface area contributed by atoms with Crippen LogP contribution in [-0.2, 0) is 0 Å². The molecule has 102 valence electrons. The van der Waals surface area contributed by atoms with Crippen LogP contribution in [0.2, 0.25) is 0 Å². The van der Waals surface area contributed by atoms with Crippen LogP contribution in [0, 0.1) is 6.92 Å². The van der Waals surface area contributed by atoms with E-state index in [-0.39, 0.29) is 0 Å². The lowest BCUT2D eigenvalue weighted by Crippen LogP contribution is -2.02. The topological polar surface area (TPSA) is 60.9 Å². The Morgan fingerprint density at radius 3 is 2.86 bits per heavy atom. The fourth-order valence-corrected chi connectivity index (χ4v) is 2.32. The summed E-state index contributed by atoms with van der Waals surface area (Å²) < 4.78 is 3.57. The molecule has 6 nitrogen and oxygen atoms in total. The molecular weight excluding hydrogens is 264 g/mol. The monoisotopic (exact) mass is 276 g/mol. The molecule has 0 atom stereocenters. The van der Waals surface area contributed by atoms with Gasteiger partial charge in [0.25, 0.3) is 0 Å². The minimum atomic E-state index is 0.800. The van der Waals surface area contributed by atoms with Gasteiger partial charge in [0.05, 0.1) is 11.9 Å². The van der Waals surface area contributed by atoms with Crippen molar-refractivity contribution in [3.63, 3.8) is 0 Å². The van der Waals surface area contributed by atoms with Crippen LogP contribution in [0.15, 0.2) is 55.1 Å². The van der Waals surface area contributed by atoms with E-state index in [2.05, 4.69) is 20.2 Å². The summed E-state index contributed by atoms with van der Waals surface area (Å²) in [7, 11) is 0. The molecule has 0 aliphatic rings. The number of pyridine rings is 2. The van der Waals surface area contributed by atoms with Crippen LogP contribution in [0.1, 0.15) is 5.69 Å². The van der Waals surface area contributed by atoms with Crippen molar-refractivity contribution in [2.45, 2.75) is 6.92 Å². The van der Waals surface area contributed by atoms with E-state index in [0.29, 0.717) is 0 Å². The summed E-state index contributed by atoms with van der Waals surface area (Å²) >= 11 is 0. The molecule has 0 N–H and O–H groups in total. The average molecular weight is 276 g/mol. The molecule has 4 aromatic rings. The average Bonchev–Trinajstić information content (AvgIpc) is 3.15. The normalized spacial score (nSPS) is 11.1. The first-order valence-electron chi connectivity index (χ1n) is 6.59. The van der Waals surface area contributed by atoms with Crippen LogP contribution in [-0.4, -0.2) is 29.4 Å². The van der Waals surface area contributed by atoms with Gasteiger partial charge in [-0.3, -0.25) is 0 Å². The molecule has 0 radical (unpaired) electrons. The predicted molar refractivity (Wildman–Crippen MR) is 78.1 cm³/mol. The highest BCUT2D eigenvalue weighted by atomic mass is 15.3. The lowest BCUT2D eigenvalue weighted by molar-refractivity contribution is 0.845. The van der Waals surface area contributed by atoms with Gasteiger partial charge in [-0.2, -0.15) is 10.2 Å². The summed E-state index contributed by atoms with van der Waals surface area (Å²) in [5.41, 5.74) is 3.75. The van der Waals surface area contributed by atoms with E-state index in [9.17, 15) is 0 Å². The highest BCUT2D eigenvalue weighted by Crippen LogP contribution is 2.21. The van der Waals surface area contributed by atoms with Crippen LogP contribution < -0.4 is 0 Å². The molecule has 4 heterocycles. The number of rotatable bonds is 2. The van der Waals surface area contributed by atoms with Crippen LogP contribution in [0.25, 0.3) is 22.7 Å². The standard InChI is InChI=1S/C15H12N6/c1-11-3-2-4-15(19-11)21-13(7-8-17-21)12-5-6-14-16-10-18-20(14)9-12/h2-10H,1H3. The maximum atomic E-state index is 4.52. The van der Waals surface area contributed by atoms with Crippen molar-refractivity contribution >= 4 is 5.65 Å². The van der Waals surface area contributed by atoms with Gasteiger partial charge in [0.2, 0.25) is 0 Å². The number of nitrogens with zero attached hydrogens (tertiary/aromatic N) is 6. The van der Waals surface area contributed by atoms with Crippen molar-refractivity contribution in [1.82, 2.24) is 29.4 Å². The largest absolute Gasteiger partial charge is 0.234 e. The molecule has 4 aromatic heterocycles. The Balaban J connectivity index is 1.88. The van der Waals surface area contributed by atoms with Gasteiger partial charge in [-0.1, -0.05) is 6.07 Å². The number of aryl methyl sites for hydroxylation is 1. The maximum Gasteiger partial charge on any atom is 0.155 e. The fraction of sp³-hybridized carbons (Fsp3) is 0.0667. The summed E-state index contributed by atoms with van der Waals surface area (Å²) in [5, 5.41) is 8.55. The highest BCUT2D eigenvalue weighted by molar-refractivity contribution is 5.62. The number of fused-ring (bicyclic) bond motifs is 1. The number of hydrogen-bond acceptors (Lipinski definition) is 4. The first-order chi connectivity index (χ1) is 10.3. The van der Waals surface area contributed by atoms with Gasteiger partial charge < -0.3 is 0 Å². The molecule has 0 spiro atoms. The molecule has 21 heavy (non-hydrogen) atoms. The third kappa shape index (κ3) is 1.97. The first-order valence-corrected chi connectivity index (χ1v) is 6.59. The molecule has 0 aliphatic heterocycles. The smallest absolute Gasteiger partial charge is 0.155 e. The Labute approximate surface area is 120 Å². The molecular formula is C15H12N6. The Morgan fingerprint density at radius 1 is 1.00 bits per heavy atom. The molecule has 0 unspecified atom stereocenters. The van der Waals surface area contributed by atoms with Gasteiger partial charge in [-0.25, -0.2) is 19.2 Å². The summed E-state index contributed by atoms with van der Waals surface area (Å²) in [5.74, 6) is 0.800. The van der Waals surface area contributed by atoms with Crippen molar-refractivity contribution in [1.29, 1.82) is 0 Å². The summed E-state index contributed by atoms with van der Waals surface area (Å²) in [6.07, 6.45) is 5.25. The van der Waals surface area contributed by atoms with E-state index in [0.717, 1.165) is 28.4 Å². The highest BCUT2D eigenvalue weighted by Gasteiger charge is 2.09. The minimum Gasteiger partial charge on any atom is -0.234 e. The van der Waals surface area contributed by atoms with E-state index < -0.39 is 0 Å². The number of aromatic nitrogens is 6. The zero-order valence-electron chi connectivity index (χ0n) is 11.4. The van der Waals surface area contributed by atoms with Crippen molar-refractivity contribution < 1.29 is 0 Å². The van der Waals surface area contributed by atoms with Crippen molar-refractivity contribution in [2.24, 2.45) is 0 Å². The second-order valence-corrected chi connectivity index (χ2v) is 4.75. The second-order valence-electron chi connectivity index (χ2n) is 4.75. The molecule has 0 saturated heterocycles. The Bertz CT molecular complexity index is 920. The third-order valence-electron chi connectivity index (χ3n) is 3.30. The minimum absolute atomic E-state index is 0.800. The molecule has 6 heteroatoms. The second kappa shape index (κ2) is 4.52.